The van der Waals surface area contributed by atoms with Crippen LogP contribution in [0.2, 0.25) is 0 Å². The monoisotopic (exact) mass is 506 g/mol. The van der Waals surface area contributed by atoms with Crippen LogP contribution in [0.15, 0.2) is 48.5 Å². The Morgan fingerprint density at radius 1 is 1.03 bits per heavy atom. The first-order valence-electron chi connectivity index (χ1n) is 12.6. The van der Waals surface area contributed by atoms with Gasteiger partial charge in [0.2, 0.25) is 0 Å². The first-order valence-corrected chi connectivity index (χ1v) is 12.6. The van der Waals surface area contributed by atoms with E-state index in [2.05, 4.69) is 16.3 Å². The quantitative estimate of drug-likeness (QED) is 0.480. The molecule has 9 heteroatoms. The molecule has 0 radical (unpaired) electrons. The van der Waals surface area contributed by atoms with Gasteiger partial charge in [0.05, 0.1) is 27.0 Å². The second kappa shape index (κ2) is 10.7. The molecule has 196 valence electrons. The molecule has 3 aliphatic heterocycles. The number of amides is 1. The predicted molar refractivity (Wildman–Crippen MR) is 141 cm³/mol. The van der Waals surface area contributed by atoms with Gasteiger partial charge in [-0.1, -0.05) is 0 Å². The highest BCUT2D eigenvalue weighted by atomic mass is 16.5. The first-order chi connectivity index (χ1) is 18.0. The number of nitrogens with one attached hydrogen (secondary N) is 1. The van der Waals surface area contributed by atoms with Gasteiger partial charge in [-0.25, -0.2) is 4.79 Å². The maximum Gasteiger partial charge on any atom is 0.411 e. The number of aryl methyl sites for hydroxylation is 1. The van der Waals surface area contributed by atoms with Gasteiger partial charge in [-0.2, -0.15) is 5.10 Å². The second-order valence-electron chi connectivity index (χ2n) is 9.64. The number of nitrogens with zero attached hydrogens (tertiary/aromatic N) is 3. The van der Waals surface area contributed by atoms with Gasteiger partial charge < -0.3 is 18.9 Å². The Labute approximate surface area is 217 Å². The number of benzene rings is 2. The number of carbonyl (C=O) groups excluding carboxylic acids is 1. The van der Waals surface area contributed by atoms with Crippen molar-refractivity contribution >= 4 is 11.8 Å². The van der Waals surface area contributed by atoms with E-state index in [1.54, 1.807) is 45.6 Å². The standard InChI is InChI=1S/C28H34N4O5/c1-31-25(15-24(30-31)19-5-10-26(35-3)27(14-19)36-4)23-16-32-12-11-18(23)13-21(32)17-37-28(33)29-20-6-8-22(34-2)9-7-20/h5-10,14-15,18,21,23H,11-13,16-17H2,1-4H3,(H,29,33)/t18-,21+,23-/m0/s1. The van der Waals surface area contributed by atoms with E-state index in [1.807, 2.05) is 29.9 Å². The first kappa shape index (κ1) is 25.0. The summed E-state index contributed by atoms with van der Waals surface area (Å²) in [5, 5.41) is 7.61. The summed E-state index contributed by atoms with van der Waals surface area (Å²) in [6.45, 7) is 2.34. The lowest BCUT2D eigenvalue weighted by molar-refractivity contribution is -0.00222. The molecule has 0 aliphatic carbocycles. The van der Waals surface area contributed by atoms with Crippen molar-refractivity contribution in [3.63, 3.8) is 0 Å². The summed E-state index contributed by atoms with van der Waals surface area (Å²) in [5.41, 5.74) is 3.83. The summed E-state index contributed by atoms with van der Waals surface area (Å²) >= 11 is 0. The van der Waals surface area contributed by atoms with Crippen LogP contribution in [0.1, 0.15) is 24.5 Å². The van der Waals surface area contributed by atoms with Gasteiger partial charge >= 0.3 is 6.09 Å². The van der Waals surface area contributed by atoms with E-state index < -0.39 is 6.09 Å². The maximum absolute atomic E-state index is 12.4. The molecular weight excluding hydrogens is 472 g/mol. The maximum atomic E-state index is 12.4. The Hall–Kier alpha value is -3.72. The third-order valence-corrected chi connectivity index (χ3v) is 7.60. The van der Waals surface area contributed by atoms with Crippen molar-refractivity contribution in [3.8, 4) is 28.5 Å². The van der Waals surface area contributed by atoms with Crippen LogP contribution in [0.25, 0.3) is 11.3 Å². The lowest BCUT2D eigenvalue weighted by Gasteiger charge is -2.49. The molecule has 3 saturated heterocycles. The second-order valence-corrected chi connectivity index (χ2v) is 9.64. The Bertz CT molecular complexity index is 1240. The summed E-state index contributed by atoms with van der Waals surface area (Å²) in [6.07, 6.45) is 1.70. The fraction of sp³-hybridized carbons (Fsp3) is 0.429. The van der Waals surface area contributed by atoms with E-state index in [-0.39, 0.29) is 6.04 Å². The van der Waals surface area contributed by atoms with Crippen LogP contribution in [0, 0.1) is 5.92 Å². The molecule has 1 unspecified atom stereocenters. The molecule has 1 N–H and O–H groups in total. The number of carbonyl (C=O) groups is 1. The van der Waals surface area contributed by atoms with E-state index in [0.29, 0.717) is 35.6 Å². The smallest absolute Gasteiger partial charge is 0.411 e. The number of aromatic nitrogens is 2. The minimum Gasteiger partial charge on any atom is -0.497 e. The van der Waals surface area contributed by atoms with Crippen molar-refractivity contribution in [1.82, 2.24) is 14.7 Å². The van der Waals surface area contributed by atoms with Gasteiger partial charge in [-0.3, -0.25) is 14.9 Å². The van der Waals surface area contributed by atoms with E-state index in [1.165, 1.54) is 5.69 Å². The minimum atomic E-state index is -0.435. The van der Waals surface area contributed by atoms with Crippen LogP contribution < -0.4 is 19.5 Å². The zero-order chi connectivity index (χ0) is 25.9. The largest absolute Gasteiger partial charge is 0.497 e. The third kappa shape index (κ3) is 5.22. The molecule has 2 bridgehead atoms. The molecule has 0 saturated carbocycles. The van der Waals surface area contributed by atoms with Crippen LogP contribution in [-0.2, 0) is 11.8 Å². The molecule has 1 aromatic heterocycles. The van der Waals surface area contributed by atoms with Crippen LogP contribution in [-0.4, -0.2) is 67.8 Å². The number of fused-ring (bicyclic) bond motifs is 3. The molecule has 4 heterocycles. The third-order valence-electron chi connectivity index (χ3n) is 7.60. The van der Waals surface area contributed by atoms with E-state index in [9.17, 15) is 4.79 Å². The highest BCUT2D eigenvalue weighted by Gasteiger charge is 2.42. The number of ether oxygens (including phenoxy) is 4. The van der Waals surface area contributed by atoms with Gasteiger partial charge in [-0.05, 0) is 73.8 Å². The molecule has 3 aromatic rings. The predicted octanol–water partition coefficient (Wildman–Crippen LogP) is 4.54. The molecule has 4 atom stereocenters. The number of hydrogen-bond donors (Lipinski definition) is 1. The molecular formula is C28H34N4O5. The zero-order valence-corrected chi connectivity index (χ0v) is 21.8. The topological polar surface area (TPSA) is 87.1 Å². The van der Waals surface area contributed by atoms with Crippen molar-refractivity contribution in [2.75, 3.05) is 46.3 Å². The van der Waals surface area contributed by atoms with Crippen LogP contribution in [0.4, 0.5) is 10.5 Å². The molecule has 9 nitrogen and oxygen atoms in total. The molecule has 1 amide bonds. The zero-order valence-electron chi connectivity index (χ0n) is 21.8. The van der Waals surface area contributed by atoms with Crippen LogP contribution >= 0.6 is 0 Å². The van der Waals surface area contributed by atoms with Crippen molar-refractivity contribution < 1.29 is 23.7 Å². The van der Waals surface area contributed by atoms with Gasteiger partial charge in [0.15, 0.2) is 11.5 Å². The molecule has 6 rings (SSSR count). The Balaban J connectivity index is 1.21. The highest BCUT2D eigenvalue weighted by molar-refractivity contribution is 5.84. The molecule has 3 fully saturated rings. The Morgan fingerprint density at radius 2 is 1.81 bits per heavy atom. The summed E-state index contributed by atoms with van der Waals surface area (Å²) in [4.78, 5) is 14.8. The Kier molecular flexibility index (Phi) is 7.23. The van der Waals surface area contributed by atoms with Crippen molar-refractivity contribution in [2.24, 2.45) is 13.0 Å². The van der Waals surface area contributed by atoms with Crippen LogP contribution in [0.5, 0.6) is 17.2 Å². The normalized spacial score (nSPS) is 22.4. The summed E-state index contributed by atoms with van der Waals surface area (Å²) in [7, 11) is 6.90. The minimum absolute atomic E-state index is 0.232. The summed E-state index contributed by atoms with van der Waals surface area (Å²) in [6, 6.07) is 15.5. The van der Waals surface area contributed by atoms with Crippen molar-refractivity contribution in [1.29, 1.82) is 0 Å². The van der Waals surface area contributed by atoms with Gasteiger partial charge in [0.1, 0.15) is 12.4 Å². The number of piperidine rings is 3. The average molecular weight is 507 g/mol. The number of methoxy groups -OCH3 is 3. The fourth-order valence-corrected chi connectivity index (χ4v) is 5.61. The van der Waals surface area contributed by atoms with Gasteiger partial charge in [0, 0.05) is 42.5 Å². The molecule has 37 heavy (non-hydrogen) atoms. The Morgan fingerprint density at radius 3 is 2.49 bits per heavy atom. The molecule has 0 spiro atoms. The highest BCUT2D eigenvalue weighted by Crippen LogP contribution is 2.43. The lowest BCUT2D eigenvalue weighted by atomic mass is 9.74. The van der Waals surface area contributed by atoms with E-state index in [4.69, 9.17) is 24.0 Å². The SMILES string of the molecule is COc1ccc(NC(=O)OC[C@H]2C[C@@H]3CCN2C[C@@H]3c2cc(-c3ccc(OC)c(OC)c3)nn2C)cc1. The molecule has 3 aliphatic rings. The number of rotatable bonds is 8. The summed E-state index contributed by atoms with van der Waals surface area (Å²) in [5.74, 6) is 3.05. The summed E-state index contributed by atoms with van der Waals surface area (Å²) < 4.78 is 23.6. The lowest BCUT2D eigenvalue weighted by Crippen LogP contribution is -2.54. The molecule has 2 aromatic carbocycles. The average Bonchev–Trinajstić information content (AvgIpc) is 3.33. The number of hydrogen-bond acceptors (Lipinski definition) is 7. The van der Waals surface area contributed by atoms with Gasteiger partial charge in [-0.15, -0.1) is 0 Å². The van der Waals surface area contributed by atoms with Gasteiger partial charge in [0.25, 0.3) is 0 Å². The van der Waals surface area contributed by atoms with Crippen LogP contribution in [0.3, 0.4) is 0 Å². The number of anilines is 1. The van der Waals surface area contributed by atoms with E-state index >= 15 is 0 Å². The van der Waals surface area contributed by atoms with Crippen molar-refractivity contribution in [2.45, 2.75) is 24.8 Å². The van der Waals surface area contributed by atoms with E-state index in [0.717, 1.165) is 42.9 Å². The fourth-order valence-electron chi connectivity index (χ4n) is 5.61. The van der Waals surface area contributed by atoms with Crippen molar-refractivity contribution in [3.05, 3.63) is 54.2 Å².